The first-order valence-corrected chi connectivity index (χ1v) is 12.0. The molecule has 3 aromatic carbocycles. The Morgan fingerprint density at radius 2 is 1.74 bits per heavy atom. The van der Waals surface area contributed by atoms with Crippen LogP contribution in [0.2, 0.25) is 0 Å². The number of aromatic amines is 1. The lowest BCUT2D eigenvalue weighted by molar-refractivity contribution is -0.117. The Kier molecular flexibility index (Phi) is 8.90. The molecule has 11 nitrogen and oxygen atoms in total. The number of anilines is 1. The minimum atomic E-state index is -0.653. The van der Waals surface area contributed by atoms with E-state index in [1.165, 1.54) is 26.4 Å². The van der Waals surface area contributed by atoms with Gasteiger partial charge in [0.1, 0.15) is 35.6 Å². The van der Waals surface area contributed by atoms with Gasteiger partial charge in [0.2, 0.25) is 5.91 Å². The lowest BCUT2D eigenvalue weighted by Crippen LogP contribution is -2.36. The summed E-state index contributed by atoms with van der Waals surface area (Å²) in [6.07, 6.45) is 0. The number of hydrogen-bond acceptors (Lipinski definition) is 9. The number of likely N-dealkylation sites (N-methyl/N-ethyl adjacent to an activating group) is 1. The van der Waals surface area contributed by atoms with Gasteiger partial charge in [-0.3, -0.25) is 9.69 Å². The molecule has 4 aromatic rings. The highest BCUT2D eigenvalue weighted by molar-refractivity contribution is 5.92. The van der Waals surface area contributed by atoms with E-state index in [4.69, 9.17) is 18.9 Å². The minimum Gasteiger partial charge on any atom is -0.496 e. The van der Waals surface area contributed by atoms with Crippen molar-refractivity contribution in [2.24, 2.45) is 0 Å². The zero-order chi connectivity index (χ0) is 27.8. The highest BCUT2D eigenvalue weighted by Crippen LogP contribution is 2.32. The molecule has 204 valence electrons. The normalized spacial score (nSPS) is 11.6. The van der Waals surface area contributed by atoms with Crippen molar-refractivity contribution in [3.63, 3.8) is 0 Å². The number of hydrogen-bond donors (Lipinski definition) is 2. The van der Waals surface area contributed by atoms with E-state index in [1.807, 2.05) is 31.2 Å². The van der Waals surface area contributed by atoms with Crippen molar-refractivity contribution in [2.45, 2.75) is 13.0 Å². The van der Waals surface area contributed by atoms with Gasteiger partial charge in [-0.2, -0.15) is 5.21 Å². The number of nitrogens with one attached hydrogen (secondary N) is 2. The van der Waals surface area contributed by atoms with Gasteiger partial charge < -0.3 is 24.3 Å². The number of carbonyl (C=O) groups excluding carboxylic acids is 1. The van der Waals surface area contributed by atoms with Crippen molar-refractivity contribution in [2.75, 3.05) is 39.7 Å². The Balaban J connectivity index is 1.39. The van der Waals surface area contributed by atoms with Crippen molar-refractivity contribution in [1.29, 1.82) is 0 Å². The Morgan fingerprint density at radius 3 is 2.38 bits per heavy atom. The molecule has 1 atom stereocenters. The molecule has 0 saturated heterocycles. The molecule has 0 bridgehead atoms. The molecule has 0 fully saturated rings. The zero-order valence-corrected chi connectivity index (χ0v) is 22.0. The minimum absolute atomic E-state index is 0.0223. The summed E-state index contributed by atoms with van der Waals surface area (Å²) in [5.41, 5.74) is 1.25. The smallest absolute Gasteiger partial charge is 0.238 e. The topological polar surface area (TPSA) is 124 Å². The Bertz CT molecular complexity index is 1380. The number of benzene rings is 3. The third-order valence-corrected chi connectivity index (χ3v) is 5.84. The van der Waals surface area contributed by atoms with Gasteiger partial charge in [-0.25, -0.2) is 4.39 Å². The molecule has 0 aliphatic carbocycles. The zero-order valence-electron chi connectivity index (χ0n) is 22.0. The molecule has 1 unspecified atom stereocenters. The summed E-state index contributed by atoms with van der Waals surface area (Å²) in [4.78, 5) is 14.5. The number of aryl methyl sites for hydroxylation is 1. The number of nitrogens with zero attached hydrogens (tertiary/aromatic N) is 4. The number of ether oxygens (including phenoxy) is 4. The number of halogens is 1. The van der Waals surface area contributed by atoms with Crippen LogP contribution in [0.3, 0.4) is 0 Å². The van der Waals surface area contributed by atoms with Crippen LogP contribution in [0, 0.1) is 12.7 Å². The van der Waals surface area contributed by atoms with Gasteiger partial charge in [0.05, 0.1) is 20.8 Å². The van der Waals surface area contributed by atoms with Gasteiger partial charge in [0.15, 0.2) is 17.4 Å². The predicted octanol–water partition coefficient (Wildman–Crippen LogP) is 4.15. The summed E-state index contributed by atoms with van der Waals surface area (Å²) in [6, 6.07) is 16.2. The molecule has 0 spiro atoms. The van der Waals surface area contributed by atoms with E-state index in [9.17, 15) is 9.18 Å². The van der Waals surface area contributed by atoms with Crippen molar-refractivity contribution >= 4 is 11.6 Å². The Morgan fingerprint density at radius 1 is 1.03 bits per heavy atom. The molecular weight excluding hydrogens is 507 g/mol. The fraction of sp³-hybridized carbons (Fsp3) is 0.259. The second-order valence-electron chi connectivity index (χ2n) is 8.62. The molecule has 2 N–H and O–H groups in total. The monoisotopic (exact) mass is 536 g/mol. The Hall–Kier alpha value is -4.71. The fourth-order valence-corrected chi connectivity index (χ4v) is 3.76. The molecular formula is C27H29FN6O5. The first-order valence-electron chi connectivity index (χ1n) is 12.0. The average molecular weight is 537 g/mol. The van der Waals surface area contributed by atoms with E-state index in [2.05, 4.69) is 25.9 Å². The molecule has 0 aliphatic heterocycles. The summed E-state index contributed by atoms with van der Waals surface area (Å²) >= 11 is 0. The van der Waals surface area contributed by atoms with Gasteiger partial charge in [0, 0.05) is 30.0 Å². The van der Waals surface area contributed by atoms with Gasteiger partial charge in [-0.15, -0.1) is 10.2 Å². The molecule has 1 heterocycles. The maximum Gasteiger partial charge on any atom is 0.238 e. The molecule has 39 heavy (non-hydrogen) atoms. The van der Waals surface area contributed by atoms with Crippen LogP contribution in [0.5, 0.6) is 28.7 Å². The van der Waals surface area contributed by atoms with E-state index in [-0.39, 0.29) is 30.5 Å². The molecule has 0 radical (unpaired) electrons. The second kappa shape index (κ2) is 12.7. The van der Waals surface area contributed by atoms with Crippen molar-refractivity contribution in [3.05, 3.63) is 77.9 Å². The third-order valence-electron chi connectivity index (χ3n) is 5.84. The number of carbonyl (C=O) groups is 1. The number of para-hydroxylation sites is 1. The highest BCUT2D eigenvalue weighted by Gasteiger charge is 2.24. The molecule has 0 saturated carbocycles. The lowest BCUT2D eigenvalue weighted by Gasteiger charge is -2.25. The number of H-pyrrole nitrogens is 1. The number of aromatic nitrogens is 4. The van der Waals surface area contributed by atoms with Gasteiger partial charge in [0.25, 0.3) is 0 Å². The number of methoxy groups -OCH3 is 2. The van der Waals surface area contributed by atoms with Gasteiger partial charge in [-0.05, 0) is 37.7 Å². The summed E-state index contributed by atoms with van der Waals surface area (Å²) in [6.45, 7) is 2.09. The average Bonchev–Trinajstić information content (AvgIpc) is 3.45. The maximum absolute atomic E-state index is 14.8. The second-order valence-corrected chi connectivity index (χ2v) is 8.62. The molecule has 1 aromatic heterocycles. The van der Waals surface area contributed by atoms with E-state index in [1.54, 1.807) is 36.2 Å². The van der Waals surface area contributed by atoms with E-state index < -0.39 is 11.9 Å². The quantitative estimate of drug-likeness (QED) is 0.275. The number of tetrazole rings is 1. The standard InChI is InChI=1S/C27H29FN6O5/c1-17-7-5-6-8-24(17)38-16-23(27-30-32-33-31-27)34(2)15-26(35)29-18-9-10-25(22(28)11-18)39-21-13-19(36-3)12-20(14-21)37-4/h5-14,23H,15-16H2,1-4H3,(H,29,35)(H,30,31,32,33). The van der Waals surface area contributed by atoms with Gasteiger partial charge >= 0.3 is 0 Å². The summed E-state index contributed by atoms with van der Waals surface area (Å²) in [5, 5.41) is 16.9. The van der Waals surface area contributed by atoms with Crippen molar-refractivity contribution in [1.82, 2.24) is 25.5 Å². The van der Waals surface area contributed by atoms with Crippen LogP contribution in [0.15, 0.2) is 60.7 Å². The lowest BCUT2D eigenvalue weighted by atomic mass is 10.2. The van der Waals surface area contributed by atoms with Crippen LogP contribution in [0.4, 0.5) is 10.1 Å². The van der Waals surface area contributed by atoms with Crippen LogP contribution in [-0.2, 0) is 4.79 Å². The maximum atomic E-state index is 14.8. The summed E-state index contributed by atoms with van der Waals surface area (Å²) in [7, 11) is 4.76. The SMILES string of the molecule is COc1cc(OC)cc(Oc2ccc(NC(=O)CN(C)C(COc3ccccc3C)c3nn[nH]n3)cc2F)c1. The molecule has 4 rings (SSSR count). The molecule has 12 heteroatoms. The largest absolute Gasteiger partial charge is 0.496 e. The van der Waals surface area contributed by atoms with Crippen LogP contribution in [0.25, 0.3) is 0 Å². The molecule has 1 amide bonds. The highest BCUT2D eigenvalue weighted by atomic mass is 19.1. The van der Waals surface area contributed by atoms with E-state index >= 15 is 0 Å². The van der Waals surface area contributed by atoms with Crippen molar-refractivity contribution in [3.8, 4) is 28.7 Å². The van der Waals surface area contributed by atoms with Crippen LogP contribution in [0.1, 0.15) is 17.4 Å². The first-order chi connectivity index (χ1) is 18.9. The van der Waals surface area contributed by atoms with E-state index in [0.29, 0.717) is 28.8 Å². The predicted molar refractivity (Wildman–Crippen MR) is 141 cm³/mol. The number of rotatable bonds is 12. The van der Waals surface area contributed by atoms with E-state index in [0.717, 1.165) is 5.56 Å². The van der Waals surface area contributed by atoms with Crippen molar-refractivity contribution < 1.29 is 28.1 Å². The first kappa shape index (κ1) is 27.3. The van der Waals surface area contributed by atoms with Gasteiger partial charge in [-0.1, -0.05) is 23.4 Å². The Labute approximate surface area is 224 Å². The van der Waals surface area contributed by atoms with Crippen LogP contribution in [-0.4, -0.2) is 65.9 Å². The van der Waals surface area contributed by atoms with Crippen LogP contribution < -0.4 is 24.3 Å². The number of amides is 1. The van der Waals surface area contributed by atoms with Crippen LogP contribution >= 0.6 is 0 Å². The molecule has 0 aliphatic rings. The summed E-state index contributed by atoms with van der Waals surface area (Å²) in [5.74, 6) is 1.39. The summed E-state index contributed by atoms with van der Waals surface area (Å²) < 4.78 is 36.9. The fourth-order valence-electron chi connectivity index (χ4n) is 3.76. The third kappa shape index (κ3) is 7.20.